The zero-order valence-electron chi connectivity index (χ0n) is 11.8. The van der Waals surface area contributed by atoms with E-state index in [0.29, 0.717) is 18.7 Å². The minimum atomic E-state index is -0.340. The first-order valence-corrected chi connectivity index (χ1v) is 6.91. The van der Waals surface area contributed by atoms with Crippen LogP contribution < -0.4 is 5.32 Å². The lowest BCUT2D eigenvalue weighted by Crippen LogP contribution is -2.49. The van der Waals surface area contributed by atoms with E-state index in [-0.39, 0.29) is 17.8 Å². The minimum Gasteiger partial charge on any atom is -0.336 e. The maximum atomic E-state index is 13.0. The van der Waals surface area contributed by atoms with E-state index >= 15 is 0 Å². The van der Waals surface area contributed by atoms with Crippen molar-refractivity contribution < 1.29 is 9.18 Å². The summed E-state index contributed by atoms with van der Waals surface area (Å²) in [6, 6.07) is 5.55. The SMILES string of the molecule is Cn1ccnc1C1CNCCN1C(=O)c1ccc(F)cc1. The first-order valence-electron chi connectivity index (χ1n) is 6.91. The standard InChI is InChI=1S/C15H17FN4O/c1-19-8-7-18-14(19)13-10-17-6-9-20(13)15(21)11-2-4-12(16)5-3-11/h2-5,7-8,13,17H,6,9-10H2,1H3. The van der Waals surface area contributed by atoms with Crippen LogP contribution >= 0.6 is 0 Å². The number of aromatic nitrogens is 2. The molecule has 1 amide bonds. The molecule has 1 unspecified atom stereocenters. The number of carbonyl (C=O) groups is 1. The van der Waals surface area contributed by atoms with Crippen molar-refractivity contribution in [2.24, 2.45) is 7.05 Å². The molecular formula is C15H17FN4O. The Morgan fingerprint density at radius 1 is 1.38 bits per heavy atom. The number of imidazole rings is 1. The second kappa shape index (κ2) is 5.65. The number of piperazine rings is 1. The molecule has 5 nitrogen and oxygen atoms in total. The predicted octanol–water partition coefficient (Wildman–Crippen LogP) is 1.35. The molecule has 1 N–H and O–H groups in total. The Balaban J connectivity index is 1.89. The topological polar surface area (TPSA) is 50.2 Å². The van der Waals surface area contributed by atoms with Crippen molar-refractivity contribution in [3.05, 3.63) is 53.9 Å². The van der Waals surface area contributed by atoms with E-state index in [2.05, 4.69) is 10.3 Å². The third-order valence-corrected chi connectivity index (χ3v) is 3.75. The molecule has 1 aliphatic rings. The lowest BCUT2D eigenvalue weighted by Gasteiger charge is -2.35. The van der Waals surface area contributed by atoms with Crippen LogP contribution in [0.1, 0.15) is 22.2 Å². The smallest absolute Gasteiger partial charge is 0.254 e. The second-order valence-corrected chi connectivity index (χ2v) is 5.12. The van der Waals surface area contributed by atoms with Gasteiger partial charge < -0.3 is 14.8 Å². The lowest BCUT2D eigenvalue weighted by atomic mass is 10.1. The molecule has 1 aromatic carbocycles. The van der Waals surface area contributed by atoms with Gasteiger partial charge in [-0.05, 0) is 24.3 Å². The average molecular weight is 288 g/mol. The number of hydrogen-bond donors (Lipinski definition) is 1. The van der Waals surface area contributed by atoms with Gasteiger partial charge in [0.2, 0.25) is 0 Å². The molecular weight excluding hydrogens is 271 g/mol. The molecule has 0 aliphatic carbocycles. The van der Waals surface area contributed by atoms with Crippen LogP contribution in [0, 0.1) is 5.82 Å². The zero-order chi connectivity index (χ0) is 14.8. The molecule has 3 rings (SSSR count). The number of halogens is 1. The predicted molar refractivity (Wildman–Crippen MR) is 76.3 cm³/mol. The fourth-order valence-electron chi connectivity index (χ4n) is 2.63. The summed E-state index contributed by atoms with van der Waals surface area (Å²) >= 11 is 0. The number of carbonyl (C=O) groups excluding carboxylic acids is 1. The first-order chi connectivity index (χ1) is 10.2. The summed E-state index contributed by atoms with van der Waals surface area (Å²) in [6.45, 7) is 2.01. The molecule has 1 atom stereocenters. The van der Waals surface area contributed by atoms with Gasteiger partial charge in [-0.2, -0.15) is 0 Å². The Labute approximate surface area is 122 Å². The van der Waals surface area contributed by atoms with Gasteiger partial charge in [-0.1, -0.05) is 0 Å². The molecule has 2 heterocycles. The quantitative estimate of drug-likeness (QED) is 0.907. The summed E-state index contributed by atoms with van der Waals surface area (Å²) in [5.74, 6) is 0.412. The van der Waals surface area contributed by atoms with Crippen LogP contribution in [0.2, 0.25) is 0 Å². The van der Waals surface area contributed by atoms with E-state index in [4.69, 9.17) is 0 Å². The van der Waals surface area contributed by atoms with E-state index in [1.807, 2.05) is 17.8 Å². The van der Waals surface area contributed by atoms with Crippen LogP contribution in [0.25, 0.3) is 0 Å². The lowest BCUT2D eigenvalue weighted by molar-refractivity contribution is 0.0621. The first kappa shape index (κ1) is 13.8. The average Bonchev–Trinajstić information content (AvgIpc) is 2.93. The summed E-state index contributed by atoms with van der Waals surface area (Å²) in [5.41, 5.74) is 0.498. The summed E-state index contributed by atoms with van der Waals surface area (Å²) in [6.07, 6.45) is 3.59. The van der Waals surface area contributed by atoms with E-state index in [0.717, 1.165) is 12.4 Å². The van der Waals surface area contributed by atoms with E-state index in [1.165, 1.54) is 24.3 Å². The van der Waals surface area contributed by atoms with Gasteiger partial charge in [0.15, 0.2) is 0 Å². The van der Waals surface area contributed by atoms with Gasteiger partial charge in [0.05, 0.1) is 0 Å². The largest absolute Gasteiger partial charge is 0.336 e. The summed E-state index contributed by atoms with van der Waals surface area (Å²) in [5, 5.41) is 3.29. The maximum Gasteiger partial charge on any atom is 0.254 e. The van der Waals surface area contributed by atoms with E-state index in [1.54, 1.807) is 11.1 Å². The number of benzene rings is 1. The molecule has 0 bridgehead atoms. The van der Waals surface area contributed by atoms with Gasteiger partial charge in [0.1, 0.15) is 17.7 Å². The van der Waals surface area contributed by atoms with Crippen LogP contribution in [0.5, 0.6) is 0 Å². The number of rotatable bonds is 2. The number of nitrogens with one attached hydrogen (secondary N) is 1. The Hall–Kier alpha value is -2.21. The Morgan fingerprint density at radius 3 is 2.81 bits per heavy atom. The van der Waals surface area contributed by atoms with Gasteiger partial charge >= 0.3 is 0 Å². The highest BCUT2D eigenvalue weighted by atomic mass is 19.1. The molecule has 21 heavy (non-hydrogen) atoms. The fourth-order valence-corrected chi connectivity index (χ4v) is 2.63. The number of hydrogen-bond acceptors (Lipinski definition) is 3. The van der Waals surface area contributed by atoms with E-state index in [9.17, 15) is 9.18 Å². The third-order valence-electron chi connectivity index (χ3n) is 3.75. The molecule has 6 heteroatoms. The Kier molecular flexibility index (Phi) is 3.70. The van der Waals surface area contributed by atoms with E-state index < -0.39 is 0 Å². The highest BCUT2D eigenvalue weighted by Crippen LogP contribution is 2.22. The van der Waals surface area contributed by atoms with Crippen LogP contribution in [0.3, 0.4) is 0 Å². The number of nitrogens with zero attached hydrogens (tertiary/aromatic N) is 3. The summed E-state index contributed by atoms with van der Waals surface area (Å²) < 4.78 is 14.9. The van der Waals surface area contributed by atoms with Crippen molar-refractivity contribution in [3.8, 4) is 0 Å². The van der Waals surface area contributed by atoms with Crippen molar-refractivity contribution in [3.63, 3.8) is 0 Å². The Morgan fingerprint density at radius 2 is 2.14 bits per heavy atom. The normalized spacial score (nSPS) is 18.8. The molecule has 0 saturated carbocycles. The third kappa shape index (κ3) is 2.67. The molecule has 110 valence electrons. The monoisotopic (exact) mass is 288 g/mol. The maximum absolute atomic E-state index is 13.0. The van der Waals surface area contributed by atoms with Gasteiger partial charge in [-0.25, -0.2) is 9.37 Å². The molecule has 0 spiro atoms. The van der Waals surface area contributed by atoms with Crippen molar-refractivity contribution in [2.75, 3.05) is 19.6 Å². The van der Waals surface area contributed by atoms with Crippen molar-refractivity contribution in [2.45, 2.75) is 6.04 Å². The highest BCUT2D eigenvalue weighted by Gasteiger charge is 2.30. The van der Waals surface area contributed by atoms with Gasteiger partial charge in [-0.15, -0.1) is 0 Å². The number of amides is 1. The second-order valence-electron chi connectivity index (χ2n) is 5.12. The molecule has 1 aliphatic heterocycles. The zero-order valence-corrected chi connectivity index (χ0v) is 11.8. The van der Waals surface area contributed by atoms with Gasteiger partial charge in [-0.3, -0.25) is 4.79 Å². The number of aryl methyl sites for hydroxylation is 1. The fraction of sp³-hybridized carbons (Fsp3) is 0.333. The molecule has 1 aromatic heterocycles. The summed E-state index contributed by atoms with van der Waals surface area (Å²) in [4.78, 5) is 18.8. The molecule has 0 radical (unpaired) electrons. The van der Waals surface area contributed by atoms with Crippen molar-refractivity contribution in [1.29, 1.82) is 0 Å². The molecule has 1 saturated heterocycles. The minimum absolute atomic E-state index is 0.0931. The molecule has 2 aromatic rings. The van der Waals surface area contributed by atoms with Crippen LogP contribution in [0.4, 0.5) is 4.39 Å². The summed E-state index contributed by atoms with van der Waals surface area (Å²) in [7, 11) is 1.91. The van der Waals surface area contributed by atoms with Crippen LogP contribution in [-0.2, 0) is 7.05 Å². The van der Waals surface area contributed by atoms with Gasteiger partial charge in [0, 0.05) is 44.6 Å². The van der Waals surface area contributed by atoms with Crippen molar-refractivity contribution in [1.82, 2.24) is 19.8 Å². The highest BCUT2D eigenvalue weighted by molar-refractivity contribution is 5.94. The van der Waals surface area contributed by atoms with Crippen LogP contribution in [-0.4, -0.2) is 40.0 Å². The van der Waals surface area contributed by atoms with Crippen LogP contribution in [0.15, 0.2) is 36.7 Å². The van der Waals surface area contributed by atoms with Crippen molar-refractivity contribution >= 4 is 5.91 Å². The molecule has 1 fully saturated rings. The Bertz CT molecular complexity index is 637. The van der Waals surface area contributed by atoms with Gasteiger partial charge in [0.25, 0.3) is 5.91 Å².